The summed E-state index contributed by atoms with van der Waals surface area (Å²) in [5, 5.41) is 21.5. The zero-order chi connectivity index (χ0) is 22.9. The van der Waals surface area contributed by atoms with Crippen molar-refractivity contribution in [2.75, 3.05) is 5.32 Å². The molecule has 3 N–H and O–H groups in total. The van der Waals surface area contributed by atoms with E-state index in [1.54, 1.807) is 26.2 Å². The number of anilines is 1. The zero-order valence-electron chi connectivity index (χ0n) is 17.8. The van der Waals surface area contributed by atoms with Crippen LogP contribution in [-0.4, -0.2) is 38.5 Å². The Morgan fingerprint density at radius 3 is 2.42 bits per heavy atom. The maximum atomic E-state index is 13.3. The molecule has 0 spiro atoms. The van der Waals surface area contributed by atoms with Gasteiger partial charge in [-0.1, -0.05) is 0 Å². The fourth-order valence-electron chi connectivity index (χ4n) is 2.81. The Morgan fingerprint density at radius 1 is 1.19 bits per heavy atom. The van der Waals surface area contributed by atoms with Crippen LogP contribution >= 0.6 is 11.3 Å². The molecule has 0 saturated heterocycles. The van der Waals surface area contributed by atoms with Gasteiger partial charge < -0.3 is 15.2 Å². The van der Waals surface area contributed by atoms with E-state index in [9.17, 15) is 19.5 Å². The number of fused-ring (bicyclic) bond motifs is 1. The summed E-state index contributed by atoms with van der Waals surface area (Å²) < 4.78 is 6.36. The number of carbonyl (C=O) groups is 2. The van der Waals surface area contributed by atoms with E-state index >= 15 is 0 Å². The van der Waals surface area contributed by atoms with E-state index in [0.29, 0.717) is 11.1 Å². The molecular formula is C21H24N4O5S. The molecule has 3 rings (SSSR count). The number of carbonyl (C=O) groups excluding carboxylic acids is 2. The van der Waals surface area contributed by atoms with E-state index in [1.165, 1.54) is 24.3 Å². The van der Waals surface area contributed by atoms with Gasteiger partial charge in [-0.05, 0) is 58.9 Å². The Morgan fingerprint density at radius 2 is 1.84 bits per heavy atom. The molecule has 0 atom stereocenters. The van der Waals surface area contributed by atoms with Crippen LogP contribution in [0, 0.1) is 0 Å². The van der Waals surface area contributed by atoms with Crippen molar-refractivity contribution in [2.45, 2.75) is 46.3 Å². The number of amides is 2. The Hall–Kier alpha value is -3.40. The van der Waals surface area contributed by atoms with Gasteiger partial charge in [-0.15, -0.1) is 11.3 Å². The molecule has 0 aliphatic carbocycles. The van der Waals surface area contributed by atoms with E-state index < -0.39 is 23.2 Å². The Labute approximate surface area is 182 Å². The predicted molar refractivity (Wildman–Crippen MR) is 119 cm³/mol. The molecule has 0 fully saturated rings. The Bertz CT molecular complexity index is 1190. The minimum absolute atomic E-state index is 0.0264. The van der Waals surface area contributed by atoms with Gasteiger partial charge in [0.2, 0.25) is 0 Å². The fourth-order valence-corrected chi connectivity index (χ4v) is 3.73. The number of ether oxygens (including phenoxy) is 1. The van der Waals surface area contributed by atoms with Crippen molar-refractivity contribution >= 4 is 39.1 Å². The van der Waals surface area contributed by atoms with E-state index in [-0.39, 0.29) is 27.9 Å². The van der Waals surface area contributed by atoms with Crippen molar-refractivity contribution in [2.24, 2.45) is 0 Å². The maximum absolute atomic E-state index is 13.3. The lowest BCUT2D eigenvalue weighted by atomic mass is 10.2. The standard InChI is InChI=1S/C21H24N4O5S/c1-11(2)22-17(27)16-14-10-31-18(23-20(29)30-21(3,4)5)15(14)19(28)25(24-16)12-6-8-13(26)9-7-12/h6-11,26H,1-5H3,(H,22,27)(H,23,29). The number of benzene rings is 1. The van der Waals surface area contributed by atoms with E-state index in [4.69, 9.17) is 4.74 Å². The average Bonchev–Trinajstić information content (AvgIpc) is 3.04. The first kappa shape index (κ1) is 22.3. The van der Waals surface area contributed by atoms with Gasteiger partial charge in [-0.3, -0.25) is 14.9 Å². The summed E-state index contributed by atoms with van der Waals surface area (Å²) in [6, 6.07) is 5.70. The predicted octanol–water partition coefficient (Wildman–Crippen LogP) is 3.64. The summed E-state index contributed by atoms with van der Waals surface area (Å²) >= 11 is 1.10. The summed E-state index contributed by atoms with van der Waals surface area (Å²) in [6.07, 6.45) is -0.711. The van der Waals surface area contributed by atoms with Gasteiger partial charge in [-0.2, -0.15) is 9.78 Å². The van der Waals surface area contributed by atoms with E-state index in [2.05, 4.69) is 15.7 Å². The van der Waals surface area contributed by atoms with Gasteiger partial charge in [0.25, 0.3) is 11.5 Å². The topological polar surface area (TPSA) is 123 Å². The van der Waals surface area contributed by atoms with Gasteiger partial charge in [0.1, 0.15) is 16.4 Å². The number of hydrogen-bond acceptors (Lipinski definition) is 7. The van der Waals surface area contributed by atoms with Gasteiger partial charge >= 0.3 is 6.09 Å². The minimum Gasteiger partial charge on any atom is -0.508 e. The molecule has 0 saturated carbocycles. The normalized spacial score (nSPS) is 11.5. The molecule has 1 aromatic carbocycles. The first-order valence-electron chi connectivity index (χ1n) is 9.61. The molecule has 0 aliphatic heterocycles. The average molecular weight is 445 g/mol. The highest BCUT2D eigenvalue weighted by Gasteiger charge is 2.24. The number of phenolic OH excluding ortho intramolecular Hbond substituents is 1. The Kier molecular flexibility index (Phi) is 6.03. The van der Waals surface area contributed by atoms with Crippen LogP contribution in [0.25, 0.3) is 16.5 Å². The number of nitrogens with zero attached hydrogens (tertiary/aromatic N) is 2. The molecule has 0 radical (unpaired) electrons. The number of nitrogens with one attached hydrogen (secondary N) is 2. The molecule has 0 bridgehead atoms. The van der Waals surface area contributed by atoms with Crippen LogP contribution < -0.4 is 16.2 Å². The van der Waals surface area contributed by atoms with Gasteiger partial charge in [0, 0.05) is 16.8 Å². The third-order valence-electron chi connectivity index (χ3n) is 4.00. The summed E-state index contributed by atoms with van der Waals surface area (Å²) in [5.41, 5.74) is -0.829. The summed E-state index contributed by atoms with van der Waals surface area (Å²) in [5.74, 6) is -0.424. The van der Waals surface area contributed by atoms with Crippen molar-refractivity contribution in [3.8, 4) is 11.4 Å². The lowest BCUT2D eigenvalue weighted by molar-refractivity contribution is 0.0636. The van der Waals surface area contributed by atoms with Crippen molar-refractivity contribution in [3.05, 3.63) is 45.7 Å². The highest BCUT2D eigenvalue weighted by Crippen LogP contribution is 2.31. The lowest BCUT2D eigenvalue weighted by Gasteiger charge is -2.19. The highest BCUT2D eigenvalue weighted by atomic mass is 32.1. The highest BCUT2D eigenvalue weighted by molar-refractivity contribution is 7.16. The number of thiophene rings is 1. The van der Waals surface area contributed by atoms with Crippen LogP contribution in [0.3, 0.4) is 0 Å². The fraction of sp³-hybridized carbons (Fsp3) is 0.333. The molecule has 3 aromatic rings. The summed E-state index contributed by atoms with van der Waals surface area (Å²) in [7, 11) is 0. The van der Waals surface area contributed by atoms with Crippen LogP contribution in [0.5, 0.6) is 5.75 Å². The van der Waals surface area contributed by atoms with Gasteiger partial charge in [0.05, 0.1) is 11.1 Å². The van der Waals surface area contributed by atoms with Crippen LogP contribution in [0.1, 0.15) is 45.1 Å². The van der Waals surface area contributed by atoms with Crippen molar-refractivity contribution < 1.29 is 19.4 Å². The second-order valence-electron chi connectivity index (χ2n) is 8.19. The molecule has 0 aliphatic rings. The lowest BCUT2D eigenvalue weighted by Crippen LogP contribution is -2.33. The largest absolute Gasteiger partial charge is 0.508 e. The quantitative estimate of drug-likeness (QED) is 0.565. The summed E-state index contributed by atoms with van der Waals surface area (Å²) in [6.45, 7) is 8.82. The summed E-state index contributed by atoms with van der Waals surface area (Å²) in [4.78, 5) is 38.4. The molecule has 31 heavy (non-hydrogen) atoms. The smallest absolute Gasteiger partial charge is 0.412 e. The molecule has 0 unspecified atom stereocenters. The molecule has 2 heterocycles. The molecule has 9 nitrogen and oxygen atoms in total. The molecule has 2 amide bonds. The first-order chi connectivity index (χ1) is 14.5. The molecular weight excluding hydrogens is 420 g/mol. The minimum atomic E-state index is -0.715. The number of hydrogen-bond donors (Lipinski definition) is 3. The van der Waals surface area contributed by atoms with Crippen LogP contribution in [0.15, 0.2) is 34.4 Å². The Balaban J connectivity index is 2.19. The van der Waals surface area contributed by atoms with E-state index in [0.717, 1.165) is 16.0 Å². The van der Waals surface area contributed by atoms with Crippen molar-refractivity contribution in [1.29, 1.82) is 0 Å². The van der Waals surface area contributed by atoms with Crippen molar-refractivity contribution in [3.63, 3.8) is 0 Å². The second kappa shape index (κ2) is 8.38. The second-order valence-corrected chi connectivity index (χ2v) is 9.07. The number of rotatable bonds is 4. The zero-order valence-corrected chi connectivity index (χ0v) is 18.7. The first-order valence-corrected chi connectivity index (χ1v) is 10.5. The van der Waals surface area contributed by atoms with Crippen molar-refractivity contribution in [1.82, 2.24) is 15.1 Å². The molecule has 10 heteroatoms. The van der Waals surface area contributed by atoms with E-state index in [1.807, 2.05) is 13.8 Å². The number of phenols is 1. The third-order valence-corrected chi connectivity index (χ3v) is 4.89. The van der Waals surface area contributed by atoms with Gasteiger partial charge in [-0.25, -0.2) is 4.79 Å². The van der Waals surface area contributed by atoms with Crippen LogP contribution in [0.4, 0.5) is 9.80 Å². The molecule has 164 valence electrons. The number of aromatic hydroxyl groups is 1. The van der Waals surface area contributed by atoms with Crippen LogP contribution in [0.2, 0.25) is 0 Å². The maximum Gasteiger partial charge on any atom is 0.412 e. The molecule has 2 aromatic heterocycles. The monoisotopic (exact) mass is 444 g/mol. The van der Waals surface area contributed by atoms with Gasteiger partial charge in [0.15, 0.2) is 5.69 Å². The van der Waals surface area contributed by atoms with Crippen LogP contribution in [-0.2, 0) is 4.74 Å². The number of aromatic nitrogens is 2. The SMILES string of the molecule is CC(C)NC(=O)c1nn(-c2ccc(O)cc2)c(=O)c2c(NC(=O)OC(C)(C)C)scc12. The third kappa shape index (κ3) is 5.02.